The molecule has 2 heterocycles. The zero-order valence-corrected chi connectivity index (χ0v) is 27.1. The molecule has 0 aliphatic heterocycles. The van der Waals surface area contributed by atoms with Gasteiger partial charge in [-0.15, -0.1) is 10.2 Å². The van der Waals surface area contributed by atoms with Gasteiger partial charge in [-0.1, -0.05) is 72.8 Å². The zero-order valence-electron chi connectivity index (χ0n) is 27.1. The molecule has 0 saturated heterocycles. The third kappa shape index (κ3) is 8.66. The van der Waals surface area contributed by atoms with Crippen molar-refractivity contribution >= 4 is 28.8 Å². The standard InChI is InChI=1S/C39H37FN6O3/c1-49-32-19-13-29(14-20-32)26-46-36(21-15-27-7-3-2-4-8-27)44-45-39(46)35(23-30-24-41-34-10-6-5-9-33(30)34)43-38(48)25-42-37(47)22-16-28-11-17-31(40)18-12-28/h2-14,16-20,22,24,35,41H,15,21,23,25-26H2,1H3,(H,42,47)(H,43,48)/b22-16+/t35-/m1/s1. The Morgan fingerprint density at radius 3 is 2.43 bits per heavy atom. The number of aromatic nitrogens is 4. The van der Waals surface area contributed by atoms with Crippen molar-refractivity contribution in [2.75, 3.05) is 13.7 Å². The molecule has 4 aromatic carbocycles. The highest BCUT2D eigenvalue weighted by molar-refractivity contribution is 5.94. The summed E-state index contributed by atoms with van der Waals surface area (Å²) < 4.78 is 20.7. The summed E-state index contributed by atoms with van der Waals surface area (Å²) in [4.78, 5) is 29.3. The molecule has 6 rings (SSSR count). The Balaban J connectivity index is 1.26. The number of halogens is 1. The summed E-state index contributed by atoms with van der Waals surface area (Å²) in [5, 5.41) is 16.1. The smallest absolute Gasteiger partial charge is 0.244 e. The van der Waals surface area contributed by atoms with E-state index in [9.17, 15) is 14.0 Å². The summed E-state index contributed by atoms with van der Waals surface area (Å²) >= 11 is 0. The van der Waals surface area contributed by atoms with Gasteiger partial charge in [0.1, 0.15) is 17.4 Å². The quantitative estimate of drug-likeness (QED) is 0.125. The molecule has 0 fully saturated rings. The fourth-order valence-corrected chi connectivity index (χ4v) is 5.72. The summed E-state index contributed by atoms with van der Waals surface area (Å²) in [6, 6.07) is 31.3. The third-order valence-corrected chi connectivity index (χ3v) is 8.30. The molecule has 9 nitrogen and oxygen atoms in total. The molecule has 3 N–H and O–H groups in total. The van der Waals surface area contributed by atoms with Crippen LogP contribution in [0.25, 0.3) is 17.0 Å². The fourth-order valence-electron chi connectivity index (χ4n) is 5.72. The Labute approximate surface area is 283 Å². The number of amides is 2. The first-order valence-corrected chi connectivity index (χ1v) is 16.1. The van der Waals surface area contributed by atoms with Crippen LogP contribution in [-0.2, 0) is 35.4 Å². The van der Waals surface area contributed by atoms with Crippen LogP contribution in [0.4, 0.5) is 4.39 Å². The van der Waals surface area contributed by atoms with E-state index >= 15 is 0 Å². The molecule has 1 atom stereocenters. The molecule has 0 radical (unpaired) electrons. The number of benzene rings is 4. The topological polar surface area (TPSA) is 114 Å². The number of aryl methyl sites for hydroxylation is 2. The molecule has 248 valence electrons. The predicted molar refractivity (Wildman–Crippen MR) is 187 cm³/mol. The number of rotatable bonds is 14. The molecule has 0 saturated carbocycles. The number of nitrogens with zero attached hydrogens (tertiary/aromatic N) is 3. The van der Waals surface area contributed by atoms with Crippen molar-refractivity contribution in [2.45, 2.75) is 31.8 Å². The maximum Gasteiger partial charge on any atom is 0.244 e. The number of H-pyrrole nitrogens is 1. The Morgan fingerprint density at radius 1 is 0.898 bits per heavy atom. The van der Waals surface area contributed by atoms with Crippen LogP contribution >= 0.6 is 0 Å². The van der Waals surface area contributed by atoms with Crippen molar-refractivity contribution in [3.05, 3.63) is 155 Å². The lowest BCUT2D eigenvalue weighted by molar-refractivity contribution is -0.124. The van der Waals surface area contributed by atoms with E-state index in [1.165, 1.54) is 23.8 Å². The van der Waals surface area contributed by atoms with Crippen molar-refractivity contribution in [2.24, 2.45) is 0 Å². The lowest BCUT2D eigenvalue weighted by Crippen LogP contribution is -2.39. The molecule has 0 aliphatic rings. The molecular formula is C39H37FN6O3. The van der Waals surface area contributed by atoms with Crippen LogP contribution < -0.4 is 15.4 Å². The molecule has 2 aromatic heterocycles. The van der Waals surface area contributed by atoms with Gasteiger partial charge in [0, 0.05) is 36.0 Å². The second-order valence-corrected chi connectivity index (χ2v) is 11.7. The van der Waals surface area contributed by atoms with E-state index in [0.717, 1.165) is 40.0 Å². The summed E-state index contributed by atoms with van der Waals surface area (Å²) in [5.74, 6) is 0.989. The van der Waals surface area contributed by atoms with E-state index < -0.39 is 11.9 Å². The average Bonchev–Trinajstić information content (AvgIpc) is 3.73. The Bertz CT molecular complexity index is 2040. The first-order valence-electron chi connectivity index (χ1n) is 16.1. The van der Waals surface area contributed by atoms with Gasteiger partial charge in [0.05, 0.1) is 26.2 Å². The Kier molecular flexibility index (Phi) is 10.5. The van der Waals surface area contributed by atoms with E-state index in [-0.39, 0.29) is 18.3 Å². The van der Waals surface area contributed by atoms with E-state index in [2.05, 4.69) is 42.5 Å². The number of hydrogen-bond acceptors (Lipinski definition) is 5. The van der Waals surface area contributed by atoms with Gasteiger partial charge in [-0.25, -0.2) is 4.39 Å². The van der Waals surface area contributed by atoms with E-state index in [1.54, 1.807) is 25.3 Å². The van der Waals surface area contributed by atoms with Crippen LogP contribution in [-0.4, -0.2) is 45.2 Å². The van der Waals surface area contributed by atoms with Gasteiger partial charge >= 0.3 is 0 Å². The van der Waals surface area contributed by atoms with E-state index in [0.29, 0.717) is 30.8 Å². The maximum atomic E-state index is 13.4. The third-order valence-electron chi connectivity index (χ3n) is 8.30. The first-order chi connectivity index (χ1) is 23.9. The zero-order chi connectivity index (χ0) is 34.0. The van der Waals surface area contributed by atoms with Crippen molar-refractivity contribution in [1.29, 1.82) is 0 Å². The van der Waals surface area contributed by atoms with Crippen molar-refractivity contribution in [1.82, 2.24) is 30.4 Å². The monoisotopic (exact) mass is 656 g/mol. The van der Waals surface area contributed by atoms with Crippen molar-refractivity contribution < 1.29 is 18.7 Å². The highest BCUT2D eigenvalue weighted by atomic mass is 19.1. The average molecular weight is 657 g/mol. The molecule has 0 spiro atoms. The SMILES string of the molecule is COc1ccc(Cn2c(CCc3ccccc3)nnc2[C@@H](Cc2c[nH]c3ccccc23)NC(=O)CNC(=O)/C=C/c2ccc(F)cc2)cc1. The molecule has 10 heteroatoms. The van der Waals surface area contributed by atoms with E-state index in [1.807, 2.05) is 72.9 Å². The molecule has 0 bridgehead atoms. The maximum absolute atomic E-state index is 13.4. The number of ether oxygens (including phenoxy) is 1. The van der Waals surface area contributed by atoms with Crippen LogP contribution in [0.1, 0.15) is 39.9 Å². The highest BCUT2D eigenvalue weighted by Crippen LogP contribution is 2.26. The normalized spacial score (nSPS) is 11.9. The minimum atomic E-state index is -0.561. The second-order valence-electron chi connectivity index (χ2n) is 11.7. The molecule has 0 unspecified atom stereocenters. The number of para-hydroxylation sites is 1. The molecule has 0 aliphatic carbocycles. The first kappa shape index (κ1) is 32.9. The Morgan fingerprint density at radius 2 is 1.65 bits per heavy atom. The van der Waals surface area contributed by atoms with Crippen LogP contribution in [0.3, 0.4) is 0 Å². The number of hydrogen-bond donors (Lipinski definition) is 3. The van der Waals surface area contributed by atoms with Gasteiger partial charge in [-0.2, -0.15) is 0 Å². The van der Waals surface area contributed by atoms with Crippen LogP contribution in [0.5, 0.6) is 5.75 Å². The van der Waals surface area contributed by atoms with Gasteiger partial charge in [-0.3, -0.25) is 9.59 Å². The van der Waals surface area contributed by atoms with Crippen LogP contribution in [0, 0.1) is 5.82 Å². The number of fused-ring (bicyclic) bond motifs is 1. The molecule has 49 heavy (non-hydrogen) atoms. The van der Waals surface area contributed by atoms with Gasteiger partial charge < -0.3 is 24.9 Å². The largest absolute Gasteiger partial charge is 0.497 e. The lowest BCUT2D eigenvalue weighted by Gasteiger charge is -2.20. The number of carbonyl (C=O) groups is 2. The minimum Gasteiger partial charge on any atom is -0.497 e. The van der Waals surface area contributed by atoms with Crippen molar-refractivity contribution in [3.8, 4) is 5.75 Å². The summed E-state index contributed by atoms with van der Waals surface area (Å²) in [5.41, 5.74) is 4.89. The molecule has 6 aromatic rings. The van der Waals surface area contributed by atoms with Gasteiger partial charge in [0.15, 0.2) is 5.82 Å². The van der Waals surface area contributed by atoms with Gasteiger partial charge in [0.25, 0.3) is 0 Å². The minimum absolute atomic E-state index is 0.246. The summed E-state index contributed by atoms with van der Waals surface area (Å²) in [7, 11) is 1.64. The predicted octanol–water partition coefficient (Wildman–Crippen LogP) is 5.97. The number of methoxy groups -OCH3 is 1. The number of aromatic amines is 1. The van der Waals surface area contributed by atoms with Crippen molar-refractivity contribution in [3.63, 3.8) is 0 Å². The highest BCUT2D eigenvalue weighted by Gasteiger charge is 2.25. The van der Waals surface area contributed by atoms with Crippen LogP contribution in [0.15, 0.2) is 115 Å². The summed E-state index contributed by atoms with van der Waals surface area (Å²) in [6.07, 6.45) is 6.69. The Hall–Kier alpha value is -6.03. The number of carbonyl (C=O) groups excluding carboxylic acids is 2. The van der Waals surface area contributed by atoms with Gasteiger partial charge in [-0.05, 0) is 65.1 Å². The lowest BCUT2D eigenvalue weighted by atomic mass is 10.0. The van der Waals surface area contributed by atoms with E-state index in [4.69, 9.17) is 4.74 Å². The number of nitrogens with one attached hydrogen (secondary N) is 3. The van der Waals surface area contributed by atoms with Gasteiger partial charge in [0.2, 0.25) is 11.8 Å². The fraction of sp³-hybridized carbons (Fsp3) is 0.179. The molecule has 2 amide bonds. The second kappa shape index (κ2) is 15.7. The molecular weight excluding hydrogens is 619 g/mol. The van der Waals surface area contributed by atoms with Crippen LogP contribution in [0.2, 0.25) is 0 Å². The summed E-state index contributed by atoms with van der Waals surface area (Å²) in [6.45, 7) is 0.242.